The molecule has 1 fully saturated rings. The van der Waals surface area contributed by atoms with Crippen LogP contribution in [0, 0.1) is 0 Å². The molecule has 4 heteroatoms. The highest BCUT2D eigenvalue weighted by atomic mass is 35.5. The number of alkyl halides is 1. The predicted molar refractivity (Wildman–Crippen MR) is 84.7 cm³/mol. The topological polar surface area (TPSA) is 25.4 Å². The number of hydrogen-bond acceptors (Lipinski definition) is 3. The molecule has 3 nitrogen and oxygen atoms in total. The van der Waals surface area contributed by atoms with Gasteiger partial charge in [0.1, 0.15) is 5.82 Å². The fourth-order valence-electron chi connectivity index (χ4n) is 2.47. The van der Waals surface area contributed by atoms with E-state index >= 15 is 0 Å². The zero-order valence-electron chi connectivity index (χ0n) is 12.9. The van der Waals surface area contributed by atoms with Gasteiger partial charge in [0.25, 0.3) is 0 Å². The number of hydrogen-bond donors (Lipinski definition) is 0. The Balaban J connectivity index is 2.29. The Labute approximate surface area is 127 Å². The standard InChI is InChI=1S/C16H25ClN2O/c1-16(2,3)14-9-12(11-17)10-15(18-14)19(4)13-5-7-20-8-6-13/h9-10,13H,5-8,11H2,1-4H3. The first kappa shape index (κ1) is 15.6. The lowest BCUT2D eigenvalue weighted by Crippen LogP contribution is -2.37. The molecule has 0 amide bonds. The van der Waals surface area contributed by atoms with Gasteiger partial charge < -0.3 is 9.64 Å². The number of nitrogens with zero attached hydrogens (tertiary/aromatic N) is 2. The molecule has 0 radical (unpaired) electrons. The lowest BCUT2D eigenvalue weighted by atomic mass is 9.91. The number of ether oxygens (including phenoxy) is 1. The minimum absolute atomic E-state index is 0.0351. The fourth-order valence-corrected chi connectivity index (χ4v) is 2.63. The Morgan fingerprint density at radius 3 is 2.50 bits per heavy atom. The molecule has 1 aromatic rings. The first-order valence-electron chi connectivity index (χ1n) is 7.30. The summed E-state index contributed by atoms with van der Waals surface area (Å²) in [6.45, 7) is 8.25. The van der Waals surface area contributed by atoms with Gasteiger partial charge in [0, 0.05) is 43.3 Å². The van der Waals surface area contributed by atoms with Crippen LogP contribution in [0.4, 0.5) is 5.82 Å². The van der Waals surface area contributed by atoms with Gasteiger partial charge in [0.05, 0.1) is 0 Å². The number of rotatable bonds is 3. The average Bonchev–Trinajstić information content (AvgIpc) is 2.46. The van der Waals surface area contributed by atoms with Crippen LogP contribution in [0.1, 0.15) is 44.9 Å². The molecule has 1 aromatic heterocycles. The van der Waals surface area contributed by atoms with Crippen LogP contribution in [0.5, 0.6) is 0 Å². The van der Waals surface area contributed by atoms with E-state index in [9.17, 15) is 0 Å². The molecule has 2 rings (SSSR count). The van der Waals surface area contributed by atoms with E-state index in [0.717, 1.165) is 43.1 Å². The normalized spacial score (nSPS) is 17.2. The van der Waals surface area contributed by atoms with Crippen molar-refractivity contribution < 1.29 is 4.74 Å². The van der Waals surface area contributed by atoms with E-state index in [1.807, 2.05) is 0 Å². The Morgan fingerprint density at radius 2 is 1.95 bits per heavy atom. The summed E-state index contributed by atoms with van der Waals surface area (Å²) in [4.78, 5) is 7.14. The maximum atomic E-state index is 6.05. The molecule has 2 heterocycles. The average molecular weight is 297 g/mol. The molecule has 112 valence electrons. The third-order valence-corrected chi connectivity index (χ3v) is 4.20. The van der Waals surface area contributed by atoms with E-state index in [0.29, 0.717) is 11.9 Å². The summed E-state index contributed by atoms with van der Waals surface area (Å²) in [5, 5.41) is 0. The van der Waals surface area contributed by atoms with Crippen molar-refractivity contribution in [3.8, 4) is 0 Å². The molecule has 0 saturated carbocycles. The van der Waals surface area contributed by atoms with Crippen molar-refractivity contribution in [3.63, 3.8) is 0 Å². The van der Waals surface area contributed by atoms with Crippen molar-refractivity contribution in [2.24, 2.45) is 0 Å². The molecule has 0 bridgehead atoms. The molecular formula is C16H25ClN2O. The highest BCUT2D eigenvalue weighted by molar-refractivity contribution is 6.17. The fraction of sp³-hybridized carbons (Fsp3) is 0.688. The Bertz CT molecular complexity index is 450. The van der Waals surface area contributed by atoms with E-state index in [1.54, 1.807) is 0 Å². The second-order valence-electron chi connectivity index (χ2n) is 6.56. The molecule has 1 aliphatic rings. The summed E-state index contributed by atoms with van der Waals surface area (Å²) < 4.78 is 5.44. The van der Waals surface area contributed by atoms with E-state index in [1.165, 1.54) is 0 Å². The van der Waals surface area contributed by atoms with Crippen molar-refractivity contribution in [2.45, 2.75) is 50.9 Å². The molecule has 20 heavy (non-hydrogen) atoms. The van der Waals surface area contributed by atoms with Crippen LogP contribution in [0.25, 0.3) is 0 Å². The van der Waals surface area contributed by atoms with Crippen LogP contribution in [-0.2, 0) is 16.0 Å². The molecule has 0 spiro atoms. The predicted octanol–water partition coefficient (Wildman–Crippen LogP) is 3.73. The SMILES string of the molecule is CN(c1cc(CCl)cc(C(C)(C)C)n1)C1CCOCC1. The van der Waals surface area contributed by atoms with E-state index in [2.05, 4.69) is 44.9 Å². The summed E-state index contributed by atoms with van der Waals surface area (Å²) in [7, 11) is 2.13. The molecular weight excluding hydrogens is 272 g/mol. The van der Waals surface area contributed by atoms with Crippen LogP contribution >= 0.6 is 11.6 Å². The van der Waals surface area contributed by atoms with Gasteiger partial charge in [-0.3, -0.25) is 0 Å². The number of halogens is 1. The largest absolute Gasteiger partial charge is 0.381 e. The minimum Gasteiger partial charge on any atom is -0.381 e. The van der Waals surface area contributed by atoms with Gasteiger partial charge in [-0.05, 0) is 30.5 Å². The second kappa shape index (κ2) is 6.31. The summed E-state index contributed by atoms with van der Waals surface area (Å²) in [5.41, 5.74) is 2.28. The first-order valence-corrected chi connectivity index (χ1v) is 7.83. The molecule has 0 atom stereocenters. The second-order valence-corrected chi connectivity index (χ2v) is 6.82. The lowest BCUT2D eigenvalue weighted by molar-refractivity contribution is 0.0853. The van der Waals surface area contributed by atoms with Crippen LogP contribution in [0.2, 0.25) is 0 Å². The monoisotopic (exact) mass is 296 g/mol. The van der Waals surface area contributed by atoms with Crippen molar-refractivity contribution >= 4 is 17.4 Å². The van der Waals surface area contributed by atoms with Crippen molar-refractivity contribution in [3.05, 3.63) is 23.4 Å². The number of aromatic nitrogens is 1. The van der Waals surface area contributed by atoms with Crippen LogP contribution < -0.4 is 4.90 Å². The molecule has 0 aliphatic carbocycles. The van der Waals surface area contributed by atoms with Gasteiger partial charge >= 0.3 is 0 Å². The first-order chi connectivity index (χ1) is 9.41. The third kappa shape index (κ3) is 3.64. The number of anilines is 1. The van der Waals surface area contributed by atoms with Gasteiger partial charge in [0.15, 0.2) is 0 Å². The quantitative estimate of drug-likeness (QED) is 0.795. The highest BCUT2D eigenvalue weighted by Crippen LogP contribution is 2.27. The van der Waals surface area contributed by atoms with Crippen LogP contribution in [0.15, 0.2) is 12.1 Å². The van der Waals surface area contributed by atoms with Crippen molar-refractivity contribution in [2.75, 3.05) is 25.2 Å². The Kier molecular flexibility index (Phi) is 4.92. The molecule has 0 N–H and O–H groups in total. The van der Waals surface area contributed by atoms with Gasteiger partial charge in [-0.1, -0.05) is 20.8 Å². The van der Waals surface area contributed by atoms with Gasteiger partial charge in [-0.25, -0.2) is 4.98 Å². The van der Waals surface area contributed by atoms with Crippen molar-refractivity contribution in [1.29, 1.82) is 0 Å². The van der Waals surface area contributed by atoms with Crippen LogP contribution in [0.3, 0.4) is 0 Å². The van der Waals surface area contributed by atoms with E-state index in [4.69, 9.17) is 21.3 Å². The maximum Gasteiger partial charge on any atom is 0.129 e. The summed E-state index contributed by atoms with van der Waals surface area (Å²) in [6.07, 6.45) is 2.13. The zero-order chi connectivity index (χ0) is 14.8. The summed E-state index contributed by atoms with van der Waals surface area (Å²) in [6, 6.07) is 4.74. The summed E-state index contributed by atoms with van der Waals surface area (Å²) >= 11 is 6.05. The third-order valence-electron chi connectivity index (χ3n) is 3.89. The Hall–Kier alpha value is -0.800. The highest BCUT2D eigenvalue weighted by Gasteiger charge is 2.22. The molecule has 1 aliphatic heterocycles. The van der Waals surface area contributed by atoms with Gasteiger partial charge in [-0.15, -0.1) is 11.6 Å². The van der Waals surface area contributed by atoms with Crippen LogP contribution in [-0.4, -0.2) is 31.3 Å². The maximum absolute atomic E-state index is 6.05. The smallest absolute Gasteiger partial charge is 0.129 e. The molecule has 1 saturated heterocycles. The van der Waals surface area contributed by atoms with Gasteiger partial charge in [-0.2, -0.15) is 0 Å². The van der Waals surface area contributed by atoms with E-state index in [-0.39, 0.29) is 5.41 Å². The van der Waals surface area contributed by atoms with Crippen molar-refractivity contribution in [1.82, 2.24) is 4.98 Å². The van der Waals surface area contributed by atoms with E-state index < -0.39 is 0 Å². The number of pyridine rings is 1. The summed E-state index contributed by atoms with van der Waals surface area (Å²) in [5.74, 6) is 1.56. The van der Waals surface area contributed by atoms with Gasteiger partial charge in [0.2, 0.25) is 0 Å². The minimum atomic E-state index is 0.0351. The molecule has 0 aromatic carbocycles. The Morgan fingerprint density at radius 1 is 1.30 bits per heavy atom. The lowest BCUT2D eigenvalue weighted by Gasteiger charge is -2.33. The molecule has 0 unspecified atom stereocenters. The zero-order valence-corrected chi connectivity index (χ0v) is 13.7.